The number of urea groups is 1. The molecule has 1 saturated heterocycles. The Morgan fingerprint density at radius 2 is 1.82 bits per heavy atom. The Labute approximate surface area is 229 Å². The molecule has 3 aromatic rings. The third-order valence-electron chi connectivity index (χ3n) is 6.03. The van der Waals surface area contributed by atoms with E-state index in [-0.39, 0.29) is 12.2 Å². The lowest BCUT2D eigenvalue weighted by Gasteiger charge is -2.26. The van der Waals surface area contributed by atoms with Gasteiger partial charge in [-0.3, -0.25) is 14.9 Å². The zero-order chi connectivity index (χ0) is 27.2. The van der Waals surface area contributed by atoms with E-state index in [0.29, 0.717) is 33.5 Å². The first-order valence-corrected chi connectivity index (χ1v) is 12.7. The van der Waals surface area contributed by atoms with Crippen molar-refractivity contribution in [1.82, 2.24) is 5.32 Å². The minimum atomic E-state index is -0.795. The number of nitrogens with one attached hydrogen (secondary N) is 1. The van der Waals surface area contributed by atoms with Crippen molar-refractivity contribution in [3.05, 3.63) is 111 Å². The van der Waals surface area contributed by atoms with Crippen molar-refractivity contribution in [1.29, 1.82) is 5.26 Å². The van der Waals surface area contributed by atoms with E-state index in [4.69, 9.17) is 4.74 Å². The molecule has 190 valence electrons. The van der Waals surface area contributed by atoms with Gasteiger partial charge in [0.15, 0.2) is 0 Å². The number of amides is 4. The maximum atomic E-state index is 13.3. The molecule has 0 atom stereocenters. The molecule has 0 aliphatic carbocycles. The van der Waals surface area contributed by atoms with Crippen molar-refractivity contribution < 1.29 is 19.1 Å². The molecule has 1 fully saturated rings. The van der Waals surface area contributed by atoms with Crippen LogP contribution < -0.4 is 15.0 Å². The van der Waals surface area contributed by atoms with Crippen LogP contribution in [0.2, 0.25) is 0 Å². The molecular formula is C30H24BrN3O4. The summed E-state index contributed by atoms with van der Waals surface area (Å²) in [6.45, 7) is 6.00. The molecular weight excluding hydrogens is 546 g/mol. The number of anilines is 1. The predicted molar refractivity (Wildman–Crippen MR) is 148 cm³/mol. The molecule has 0 saturated carbocycles. The third kappa shape index (κ3) is 5.58. The summed E-state index contributed by atoms with van der Waals surface area (Å²) in [5, 5.41) is 11.6. The van der Waals surface area contributed by atoms with E-state index >= 15 is 0 Å². The SMILES string of the molecule is C=CCc1cc(/C=C2/C(=O)NC(=O)N(c3ccc(CC)cc3)C2=O)cc(Br)c1OCc1ccccc1C#N. The molecule has 0 unspecified atom stereocenters. The molecule has 1 aliphatic heterocycles. The number of hydrogen-bond acceptors (Lipinski definition) is 5. The Morgan fingerprint density at radius 3 is 2.50 bits per heavy atom. The van der Waals surface area contributed by atoms with E-state index in [2.05, 4.69) is 33.9 Å². The molecule has 1 heterocycles. The third-order valence-corrected chi connectivity index (χ3v) is 6.62. The van der Waals surface area contributed by atoms with Crippen LogP contribution in [-0.2, 0) is 29.0 Å². The zero-order valence-electron chi connectivity index (χ0n) is 20.7. The van der Waals surface area contributed by atoms with Crippen LogP contribution in [0.4, 0.5) is 10.5 Å². The van der Waals surface area contributed by atoms with Crippen molar-refractivity contribution >= 4 is 45.5 Å². The summed E-state index contributed by atoms with van der Waals surface area (Å²) in [5.74, 6) is -0.916. The van der Waals surface area contributed by atoms with Gasteiger partial charge in [0.2, 0.25) is 0 Å². The molecule has 4 rings (SSSR count). The number of benzene rings is 3. The number of carbonyl (C=O) groups is 3. The zero-order valence-corrected chi connectivity index (χ0v) is 22.2. The fraction of sp³-hybridized carbons (Fsp3) is 0.133. The number of rotatable bonds is 8. The minimum absolute atomic E-state index is 0.169. The second kappa shape index (κ2) is 11.7. The highest BCUT2D eigenvalue weighted by atomic mass is 79.9. The number of nitriles is 1. The number of nitrogens with zero attached hydrogens (tertiary/aromatic N) is 2. The van der Waals surface area contributed by atoms with Crippen molar-refractivity contribution in [3.8, 4) is 11.8 Å². The summed E-state index contributed by atoms with van der Waals surface area (Å²) >= 11 is 3.54. The van der Waals surface area contributed by atoms with Gasteiger partial charge in [-0.2, -0.15) is 5.26 Å². The lowest BCUT2D eigenvalue weighted by molar-refractivity contribution is -0.122. The quantitative estimate of drug-likeness (QED) is 0.208. The molecule has 0 spiro atoms. The van der Waals surface area contributed by atoms with Crippen LogP contribution in [0.1, 0.15) is 34.7 Å². The van der Waals surface area contributed by atoms with Gasteiger partial charge in [-0.05, 0) is 81.9 Å². The number of allylic oxidation sites excluding steroid dienone is 1. The van der Waals surface area contributed by atoms with Gasteiger partial charge in [-0.15, -0.1) is 6.58 Å². The highest BCUT2D eigenvalue weighted by Crippen LogP contribution is 2.34. The van der Waals surface area contributed by atoms with Gasteiger partial charge in [0.1, 0.15) is 17.9 Å². The number of aryl methyl sites for hydroxylation is 1. The minimum Gasteiger partial charge on any atom is -0.487 e. The summed E-state index contributed by atoms with van der Waals surface area (Å²) in [6.07, 6.45) is 4.44. The smallest absolute Gasteiger partial charge is 0.335 e. The number of carbonyl (C=O) groups excluding carboxylic acids is 3. The van der Waals surface area contributed by atoms with Gasteiger partial charge in [0.05, 0.1) is 21.8 Å². The maximum absolute atomic E-state index is 13.3. The number of imide groups is 2. The molecule has 38 heavy (non-hydrogen) atoms. The second-order valence-corrected chi connectivity index (χ2v) is 9.37. The summed E-state index contributed by atoms with van der Waals surface area (Å²) in [6, 6.07) is 19.1. The summed E-state index contributed by atoms with van der Waals surface area (Å²) in [5.41, 5.74) is 3.87. The standard InChI is InChI=1S/C30H24BrN3O4/c1-3-7-21-14-20(16-26(31)27(21)38-18-23-9-6-5-8-22(23)17-32)15-25-28(35)33-30(37)34(29(25)36)24-12-10-19(4-2)11-13-24/h3,5-6,8-16H,1,4,7,18H2,2H3,(H,33,35,37)/b25-15-. The lowest BCUT2D eigenvalue weighted by atomic mass is 10.0. The van der Waals surface area contributed by atoms with Gasteiger partial charge < -0.3 is 4.74 Å². The summed E-state index contributed by atoms with van der Waals surface area (Å²) in [7, 11) is 0. The largest absolute Gasteiger partial charge is 0.487 e. The molecule has 1 N–H and O–H groups in total. The first-order chi connectivity index (χ1) is 18.4. The Balaban J connectivity index is 1.66. The van der Waals surface area contributed by atoms with Gasteiger partial charge in [-0.25, -0.2) is 9.69 Å². The first kappa shape index (κ1) is 26.6. The number of ether oxygens (including phenoxy) is 1. The van der Waals surface area contributed by atoms with E-state index < -0.39 is 17.8 Å². The van der Waals surface area contributed by atoms with Crippen LogP contribution >= 0.6 is 15.9 Å². The Kier molecular flexibility index (Phi) is 8.19. The molecule has 7 nitrogen and oxygen atoms in total. The van der Waals surface area contributed by atoms with Gasteiger partial charge in [0.25, 0.3) is 11.8 Å². The summed E-state index contributed by atoms with van der Waals surface area (Å²) in [4.78, 5) is 39.4. The monoisotopic (exact) mass is 569 g/mol. The van der Waals surface area contributed by atoms with Gasteiger partial charge in [-0.1, -0.05) is 43.3 Å². The van der Waals surface area contributed by atoms with Crippen molar-refractivity contribution in [2.45, 2.75) is 26.4 Å². The van der Waals surface area contributed by atoms with E-state index in [1.165, 1.54) is 6.08 Å². The van der Waals surface area contributed by atoms with E-state index in [1.807, 2.05) is 31.2 Å². The molecule has 8 heteroatoms. The Hall–Kier alpha value is -4.48. The van der Waals surface area contributed by atoms with Gasteiger partial charge >= 0.3 is 6.03 Å². The molecule has 3 aromatic carbocycles. The fourth-order valence-corrected chi connectivity index (χ4v) is 4.70. The van der Waals surface area contributed by atoms with E-state index in [9.17, 15) is 19.6 Å². The number of hydrogen-bond donors (Lipinski definition) is 1. The average molecular weight is 570 g/mol. The Morgan fingerprint density at radius 1 is 1.08 bits per heavy atom. The first-order valence-electron chi connectivity index (χ1n) is 11.9. The van der Waals surface area contributed by atoms with Crippen LogP contribution in [0, 0.1) is 11.3 Å². The number of halogens is 1. The van der Waals surface area contributed by atoms with Crippen LogP contribution in [-0.4, -0.2) is 17.8 Å². The fourth-order valence-electron chi connectivity index (χ4n) is 4.07. The highest BCUT2D eigenvalue weighted by Gasteiger charge is 2.36. The average Bonchev–Trinajstić information content (AvgIpc) is 2.91. The second-order valence-electron chi connectivity index (χ2n) is 8.52. The van der Waals surface area contributed by atoms with Crippen molar-refractivity contribution in [3.63, 3.8) is 0 Å². The van der Waals surface area contributed by atoms with Gasteiger partial charge in [0, 0.05) is 5.56 Å². The van der Waals surface area contributed by atoms with E-state index in [0.717, 1.165) is 28.0 Å². The lowest BCUT2D eigenvalue weighted by Crippen LogP contribution is -2.54. The predicted octanol–water partition coefficient (Wildman–Crippen LogP) is 5.86. The topological polar surface area (TPSA) is 99.5 Å². The molecule has 0 aromatic heterocycles. The molecule has 4 amide bonds. The Bertz CT molecular complexity index is 1500. The van der Waals surface area contributed by atoms with Crippen LogP contribution in [0.15, 0.2) is 83.4 Å². The van der Waals surface area contributed by atoms with Crippen molar-refractivity contribution in [2.24, 2.45) is 0 Å². The normalized spacial score (nSPS) is 14.3. The number of barbiturate groups is 1. The summed E-state index contributed by atoms with van der Waals surface area (Å²) < 4.78 is 6.68. The van der Waals surface area contributed by atoms with Crippen molar-refractivity contribution in [2.75, 3.05) is 4.90 Å². The van der Waals surface area contributed by atoms with E-state index in [1.54, 1.807) is 42.5 Å². The highest BCUT2D eigenvalue weighted by molar-refractivity contribution is 9.10. The van der Waals surface area contributed by atoms with Crippen LogP contribution in [0.3, 0.4) is 0 Å². The molecule has 0 radical (unpaired) electrons. The maximum Gasteiger partial charge on any atom is 0.335 e. The van der Waals surface area contributed by atoms with Crippen LogP contribution in [0.25, 0.3) is 6.08 Å². The molecule has 1 aliphatic rings. The molecule has 0 bridgehead atoms. The van der Waals surface area contributed by atoms with Crippen LogP contribution in [0.5, 0.6) is 5.75 Å².